The molecule has 0 aliphatic carbocycles. The predicted molar refractivity (Wildman–Crippen MR) is 175 cm³/mol. The van der Waals surface area contributed by atoms with Crippen LogP contribution in [0.25, 0.3) is 11.3 Å². The summed E-state index contributed by atoms with van der Waals surface area (Å²) >= 11 is 0. The van der Waals surface area contributed by atoms with Crippen LogP contribution in [0, 0.1) is 6.92 Å². The molecule has 46 heavy (non-hydrogen) atoms. The number of rotatable bonds is 11. The van der Waals surface area contributed by atoms with E-state index in [-0.39, 0.29) is 23.3 Å². The van der Waals surface area contributed by atoms with Gasteiger partial charge in [0.1, 0.15) is 0 Å². The summed E-state index contributed by atoms with van der Waals surface area (Å²) in [5.41, 5.74) is 4.51. The number of carbonyl (C=O) groups is 4. The summed E-state index contributed by atoms with van der Waals surface area (Å²) in [6.07, 6.45) is 0. The number of piperazine rings is 1. The van der Waals surface area contributed by atoms with Gasteiger partial charge in [0.2, 0.25) is 5.91 Å². The highest BCUT2D eigenvalue weighted by Gasteiger charge is 2.30. The summed E-state index contributed by atoms with van der Waals surface area (Å²) in [5, 5.41) is 19.6. The summed E-state index contributed by atoms with van der Waals surface area (Å²) in [7, 11) is 3.22. The van der Waals surface area contributed by atoms with Crippen LogP contribution in [0.3, 0.4) is 0 Å². The Bertz CT molecular complexity index is 1650. The molecule has 12 heteroatoms. The number of carbonyl (C=O) groups excluding carboxylic acids is 3. The minimum Gasteiger partial charge on any atom is -0.478 e. The number of nitrogens with one attached hydrogen (secondary N) is 3. The van der Waals surface area contributed by atoms with Crippen molar-refractivity contribution in [2.75, 3.05) is 70.6 Å². The first kappa shape index (κ1) is 32.4. The molecule has 4 N–H and O–H groups in total. The van der Waals surface area contributed by atoms with E-state index in [1.165, 1.54) is 11.1 Å². The van der Waals surface area contributed by atoms with Gasteiger partial charge in [0, 0.05) is 63.6 Å². The second kappa shape index (κ2) is 14.4. The molecule has 2 aliphatic heterocycles. The Morgan fingerprint density at radius 2 is 1.63 bits per heavy atom. The van der Waals surface area contributed by atoms with Crippen LogP contribution in [0.5, 0.6) is 0 Å². The molecule has 0 radical (unpaired) electrons. The third-order valence-corrected chi connectivity index (χ3v) is 8.14. The maximum atomic E-state index is 13.3. The molecular formula is C34H38N6O6. The first-order chi connectivity index (χ1) is 22.1. The molecule has 0 spiro atoms. The molecule has 3 amide bonds. The fraction of sp³-hybridized carbons (Fsp3) is 0.294. The third-order valence-electron chi connectivity index (χ3n) is 8.14. The number of benzene rings is 3. The largest absolute Gasteiger partial charge is 0.478 e. The van der Waals surface area contributed by atoms with Crippen LogP contribution in [0.2, 0.25) is 0 Å². The van der Waals surface area contributed by atoms with Crippen molar-refractivity contribution >= 4 is 46.3 Å². The molecule has 240 valence electrons. The summed E-state index contributed by atoms with van der Waals surface area (Å²) in [4.78, 5) is 59.7. The lowest BCUT2D eigenvalue weighted by atomic mass is 9.96. The normalized spacial score (nSPS) is 15.9. The number of hydrogen-bond donors (Lipinski definition) is 4. The first-order valence-corrected chi connectivity index (χ1v) is 15.1. The van der Waals surface area contributed by atoms with Gasteiger partial charge < -0.3 is 21.1 Å². The lowest BCUT2D eigenvalue weighted by Gasteiger charge is -2.34. The Morgan fingerprint density at radius 1 is 0.957 bits per heavy atom. The minimum absolute atomic E-state index is 0.00840. The third kappa shape index (κ3) is 7.42. The maximum Gasteiger partial charge on any atom is 0.336 e. The average Bonchev–Trinajstić information content (AvgIpc) is 3.38. The number of anilines is 2. The van der Waals surface area contributed by atoms with Gasteiger partial charge in [0.15, 0.2) is 0 Å². The summed E-state index contributed by atoms with van der Waals surface area (Å²) < 4.78 is 0. The highest BCUT2D eigenvalue weighted by molar-refractivity contribution is 6.37. The molecular weight excluding hydrogens is 588 g/mol. The van der Waals surface area contributed by atoms with E-state index >= 15 is 0 Å². The molecule has 2 heterocycles. The van der Waals surface area contributed by atoms with Crippen molar-refractivity contribution < 1.29 is 29.1 Å². The van der Waals surface area contributed by atoms with Crippen LogP contribution in [-0.2, 0) is 14.4 Å². The average molecular weight is 627 g/mol. The van der Waals surface area contributed by atoms with Crippen LogP contribution in [0.4, 0.5) is 11.4 Å². The van der Waals surface area contributed by atoms with Gasteiger partial charge in [-0.2, -0.15) is 0 Å². The number of carboxylic acid groups (broad SMARTS) is 1. The van der Waals surface area contributed by atoms with Gasteiger partial charge in [-0.3, -0.25) is 29.0 Å². The van der Waals surface area contributed by atoms with Gasteiger partial charge in [-0.25, -0.2) is 9.86 Å². The van der Waals surface area contributed by atoms with Gasteiger partial charge in [-0.1, -0.05) is 30.3 Å². The molecule has 3 aromatic rings. The zero-order chi connectivity index (χ0) is 32.8. The molecule has 0 atom stereocenters. The Morgan fingerprint density at radius 3 is 2.28 bits per heavy atom. The second-order valence-corrected chi connectivity index (χ2v) is 11.2. The number of hydroxylamine groups is 2. The molecule has 5 rings (SSSR count). The monoisotopic (exact) mass is 626 g/mol. The van der Waals surface area contributed by atoms with Crippen LogP contribution in [0.15, 0.2) is 66.7 Å². The SMILES string of the molecule is CNC(=O)CN1CCN(CCON(C)C(=O)c2ccc(NC(=C3C(=O)Nc4cc(C(=O)O)c(C)cc43)c3ccccc3)cc2)CC1. The zero-order valence-electron chi connectivity index (χ0n) is 26.1. The van der Waals surface area contributed by atoms with Crippen molar-refractivity contribution in [3.8, 4) is 0 Å². The van der Waals surface area contributed by atoms with Crippen molar-refractivity contribution in [1.82, 2.24) is 20.2 Å². The zero-order valence-corrected chi connectivity index (χ0v) is 26.1. The Hall–Kier alpha value is -5.04. The van der Waals surface area contributed by atoms with Crippen LogP contribution in [0.1, 0.15) is 37.4 Å². The standard InChI is InChI=1S/C34H38N6O6/c1-22-19-27-28(20-26(22)34(44)45)37-32(42)30(27)31(23-7-5-4-6-8-23)36-25-11-9-24(10-12-25)33(43)38(3)46-18-17-39-13-15-40(16-14-39)21-29(41)35-2/h4-12,19-20,36H,13-18,21H2,1-3H3,(H,35,41)(H,37,42)(H,44,45). The number of likely N-dealkylation sites (N-methyl/N-ethyl adjacent to an activating group) is 1. The van der Waals surface area contributed by atoms with Crippen LogP contribution < -0.4 is 16.0 Å². The molecule has 12 nitrogen and oxygen atoms in total. The number of carboxylic acids is 1. The number of hydrogen-bond acceptors (Lipinski definition) is 8. The van der Waals surface area contributed by atoms with Gasteiger partial charge in [0.05, 0.1) is 35.7 Å². The van der Waals surface area contributed by atoms with E-state index in [4.69, 9.17) is 4.84 Å². The molecule has 0 aromatic heterocycles. The molecule has 3 aromatic carbocycles. The number of fused-ring (bicyclic) bond motifs is 1. The lowest BCUT2D eigenvalue weighted by Crippen LogP contribution is -2.50. The van der Waals surface area contributed by atoms with Crippen LogP contribution in [-0.4, -0.2) is 104 Å². The number of amides is 3. The quantitative estimate of drug-likeness (QED) is 0.187. The topological polar surface area (TPSA) is 144 Å². The smallest absolute Gasteiger partial charge is 0.336 e. The number of aryl methyl sites for hydroxylation is 1. The van der Waals surface area contributed by atoms with Crippen molar-refractivity contribution in [2.24, 2.45) is 0 Å². The van der Waals surface area contributed by atoms with E-state index in [0.29, 0.717) is 59.0 Å². The van der Waals surface area contributed by atoms with Crippen molar-refractivity contribution in [3.05, 3.63) is 94.5 Å². The maximum absolute atomic E-state index is 13.3. The van der Waals surface area contributed by atoms with Crippen molar-refractivity contribution in [1.29, 1.82) is 0 Å². The van der Waals surface area contributed by atoms with E-state index in [2.05, 4.69) is 25.8 Å². The minimum atomic E-state index is -1.06. The predicted octanol–water partition coefficient (Wildman–Crippen LogP) is 2.99. The van der Waals surface area contributed by atoms with Crippen molar-refractivity contribution in [2.45, 2.75) is 6.92 Å². The van der Waals surface area contributed by atoms with Gasteiger partial charge in [-0.15, -0.1) is 0 Å². The highest BCUT2D eigenvalue weighted by Crippen LogP contribution is 2.39. The molecule has 1 saturated heterocycles. The highest BCUT2D eigenvalue weighted by atomic mass is 16.7. The fourth-order valence-electron chi connectivity index (χ4n) is 5.53. The molecule has 2 aliphatic rings. The number of nitrogens with zero attached hydrogens (tertiary/aromatic N) is 3. The van der Waals surface area contributed by atoms with Gasteiger partial charge >= 0.3 is 5.97 Å². The Labute approximate surface area is 267 Å². The fourth-order valence-corrected chi connectivity index (χ4v) is 5.53. The Balaban J connectivity index is 1.25. The number of aromatic carboxylic acids is 1. The molecule has 0 unspecified atom stereocenters. The first-order valence-electron chi connectivity index (χ1n) is 15.1. The molecule has 0 saturated carbocycles. The van der Waals surface area contributed by atoms with Gasteiger partial charge in [0.25, 0.3) is 11.8 Å². The van der Waals surface area contributed by atoms with E-state index in [1.807, 2.05) is 30.3 Å². The summed E-state index contributed by atoms with van der Waals surface area (Å²) in [6.45, 7) is 6.36. The summed E-state index contributed by atoms with van der Waals surface area (Å²) in [5.74, 6) is -1.70. The van der Waals surface area contributed by atoms with Crippen LogP contribution >= 0.6 is 0 Å². The van der Waals surface area contributed by atoms with E-state index in [1.54, 1.807) is 51.4 Å². The lowest BCUT2D eigenvalue weighted by molar-refractivity contribution is -0.122. The van der Waals surface area contributed by atoms with E-state index in [9.17, 15) is 24.3 Å². The second-order valence-electron chi connectivity index (χ2n) is 11.2. The molecule has 1 fully saturated rings. The Kier molecular flexibility index (Phi) is 10.1. The van der Waals surface area contributed by atoms with Gasteiger partial charge in [-0.05, 0) is 54.4 Å². The van der Waals surface area contributed by atoms with E-state index in [0.717, 1.165) is 31.7 Å². The molecule has 0 bridgehead atoms. The van der Waals surface area contributed by atoms with E-state index < -0.39 is 5.97 Å². The van der Waals surface area contributed by atoms with Crippen molar-refractivity contribution in [3.63, 3.8) is 0 Å². The summed E-state index contributed by atoms with van der Waals surface area (Å²) in [6, 6.07) is 19.5.